The molecule has 6 heteroatoms. The van der Waals surface area contributed by atoms with E-state index in [-0.39, 0.29) is 31.1 Å². The number of hydrogen-bond acceptors (Lipinski definition) is 6. The molecule has 78 heavy (non-hydrogen) atoms. The maximum absolute atomic E-state index is 12.9. The zero-order valence-electron chi connectivity index (χ0n) is 51.7. The van der Waals surface area contributed by atoms with Crippen LogP contribution in [0.4, 0.5) is 0 Å². The highest BCUT2D eigenvalue weighted by molar-refractivity contribution is 5.71. The Morgan fingerprint density at radius 2 is 0.500 bits per heavy atom. The first-order valence-electron chi connectivity index (χ1n) is 33.6. The minimum atomic E-state index is -0.774. The molecule has 0 radical (unpaired) electrons. The molecule has 0 aromatic carbocycles. The van der Waals surface area contributed by atoms with Gasteiger partial charge in [0, 0.05) is 19.3 Å². The van der Waals surface area contributed by atoms with Gasteiger partial charge < -0.3 is 14.2 Å². The van der Waals surface area contributed by atoms with Crippen molar-refractivity contribution >= 4 is 17.9 Å². The maximum Gasteiger partial charge on any atom is 0.306 e. The van der Waals surface area contributed by atoms with Gasteiger partial charge in [0.25, 0.3) is 0 Å². The maximum atomic E-state index is 12.9. The van der Waals surface area contributed by atoms with E-state index in [1.165, 1.54) is 199 Å². The van der Waals surface area contributed by atoms with Crippen LogP contribution in [-0.2, 0) is 28.6 Å². The van der Waals surface area contributed by atoms with E-state index in [9.17, 15) is 14.4 Å². The Kier molecular flexibility index (Phi) is 63.2. The molecule has 0 saturated carbocycles. The fraction of sp³-hybridized carbons (Fsp3) is 0.764. The van der Waals surface area contributed by atoms with E-state index in [1.807, 2.05) is 0 Å². The van der Waals surface area contributed by atoms with Crippen molar-refractivity contribution in [2.75, 3.05) is 13.2 Å². The van der Waals surface area contributed by atoms with E-state index in [0.717, 1.165) is 96.3 Å². The number of carbonyl (C=O) groups is 3. The molecule has 0 aliphatic carbocycles. The monoisotopic (exact) mass is 1090 g/mol. The summed E-state index contributed by atoms with van der Waals surface area (Å²) in [6.45, 7) is 6.49. The first-order valence-corrected chi connectivity index (χ1v) is 33.6. The summed E-state index contributed by atoms with van der Waals surface area (Å²) < 4.78 is 16.8. The summed E-state index contributed by atoms with van der Waals surface area (Å²) in [5.74, 6) is -0.872. The number of ether oxygens (including phenoxy) is 3. The topological polar surface area (TPSA) is 78.9 Å². The van der Waals surface area contributed by atoms with E-state index < -0.39 is 6.10 Å². The van der Waals surface area contributed by atoms with Crippen molar-refractivity contribution in [1.29, 1.82) is 0 Å². The van der Waals surface area contributed by atoms with Gasteiger partial charge in [0.05, 0.1) is 0 Å². The molecule has 0 aromatic rings. The average molecular weight is 1090 g/mol. The Morgan fingerprint density at radius 3 is 0.782 bits per heavy atom. The van der Waals surface area contributed by atoms with Crippen LogP contribution in [0.25, 0.3) is 0 Å². The number of allylic oxidation sites excluding steroid dienone is 14. The zero-order valence-corrected chi connectivity index (χ0v) is 51.7. The third-order valence-corrected chi connectivity index (χ3v) is 14.6. The molecule has 0 fully saturated rings. The van der Waals surface area contributed by atoms with Crippen LogP contribution in [0.15, 0.2) is 85.1 Å². The number of hydrogen-bond donors (Lipinski definition) is 0. The predicted octanol–water partition coefficient (Wildman–Crippen LogP) is 23.1. The van der Waals surface area contributed by atoms with Crippen molar-refractivity contribution in [1.82, 2.24) is 0 Å². The fourth-order valence-electron chi connectivity index (χ4n) is 9.62. The van der Waals surface area contributed by atoms with E-state index in [4.69, 9.17) is 14.2 Å². The Labute approximate surface area is 484 Å². The lowest BCUT2D eigenvalue weighted by atomic mass is 10.0. The molecular formula is C72H126O6. The molecule has 0 heterocycles. The van der Waals surface area contributed by atoms with Gasteiger partial charge >= 0.3 is 17.9 Å². The summed E-state index contributed by atoms with van der Waals surface area (Å²) in [4.78, 5) is 38.1. The summed E-state index contributed by atoms with van der Waals surface area (Å²) in [5, 5.41) is 0. The number of carbonyl (C=O) groups excluding carboxylic acids is 3. The van der Waals surface area contributed by atoms with Crippen LogP contribution in [0.3, 0.4) is 0 Å². The van der Waals surface area contributed by atoms with Crippen molar-refractivity contribution in [3.63, 3.8) is 0 Å². The van der Waals surface area contributed by atoms with E-state index in [2.05, 4.69) is 106 Å². The average Bonchev–Trinajstić information content (AvgIpc) is 3.44. The quantitative estimate of drug-likeness (QED) is 0.0261. The Bertz CT molecular complexity index is 1480. The SMILES string of the molecule is CC/C=C\C/C=C\C/C=C\C/C=C\C/C=C\CCCCCCCCCCCCCCCCCC(=O)OCC(COC(=O)CCCCCCCC)OC(=O)CCCCCCCCCCCCC/C=C\C/C=C\CCCCCCC. The van der Waals surface area contributed by atoms with Crippen molar-refractivity contribution in [3.05, 3.63) is 85.1 Å². The molecule has 0 spiro atoms. The third-order valence-electron chi connectivity index (χ3n) is 14.6. The molecule has 450 valence electrons. The molecule has 6 nitrogen and oxygen atoms in total. The Hall–Kier alpha value is -3.41. The first-order chi connectivity index (χ1) is 38.5. The largest absolute Gasteiger partial charge is 0.462 e. The van der Waals surface area contributed by atoms with Crippen molar-refractivity contribution in [2.24, 2.45) is 0 Å². The van der Waals surface area contributed by atoms with Crippen molar-refractivity contribution in [2.45, 2.75) is 341 Å². The third kappa shape index (κ3) is 63.4. The van der Waals surface area contributed by atoms with Crippen LogP contribution in [-0.4, -0.2) is 37.2 Å². The lowest BCUT2D eigenvalue weighted by Gasteiger charge is -2.18. The smallest absolute Gasteiger partial charge is 0.306 e. The van der Waals surface area contributed by atoms with Crippen LogP contribution in [0.2, 0.25) is 0 Å². The molecule has 0 aliphatic heterocycles. The number of rotatable bonds is 61. The van der Waals surface area contributed by atoms with Gasteiger partial charge in [-0.2, -0.15) is 0 Å². The minimum Gasteiger partial charge on any atom is -0.462 e. The second-order valence-corrected chi connectivity index (χ2v) is 22.4. The second kappa shape index (κ2) is 66.1. The summed E-state index contributed by atoms with van der Waals surface area (Å²) in [6, 6.07) is 0. The molecule has 0 N–H and O–H groups in total. The highest BCUT2D eigenvalue weighted by Crippen LogP contribution is 2.17. The predicted molar refractivity (Wildman–Crippen MR) is 339 cm³/mol. The van der Waals surface area contributed by atoms with E-state index in [0.29, 0.717) is 19.3 Å². The van der Waals surface area contributed by atoms with Gasteiger partial charge in [0.2, 0.25) is 0 Å². The molecular weight excluding hydrogens is 961 g/mol. The van der Waals surface area contributed by atoms with Gasteiger partial charge in [0.1, 0.15) is 13.2 Å². The highest BCUT2D eigenvalue weighted by Gasteiger charge is 2.19. The van der Waals surface area contributed by atoms with Crippen LogP contribution in [0.5, 0.6) is 0 Å². The van der Waals surface area contributed by atoms with Gasteiger partial charge in [-0.1, -0.05) is 305 Å². The van der Waals surface area contributed by atoms with Gasteiger partial charge in [-0.15, -0.1) is 0 Å². The van der Waals surface area contributed by atoms with Crippen molar-refractivity contribution in [3.8, 4) is 0 Å². The van der Waals surface area contributed by atoms with E-state index >= 15 is 0 Å². The first kappa shape index (κ1) is 74.6. The molecule has 1 unspecified atom stereocenters. The van der Waals surface area contributed by atoms with Gasteiger partial charge in [0.15, 0.2) is 6.10 Å². The zero-order chi connectivity index (χ0) is 56.4. The normalized spacial score (nSPS) is 12.6. The minimum absolute atomic E-state index is 0.0738. The summed E-state index contributed by atoms with van der Waals surface area (Å²) in [6.07, 6.45) is 87.8. The second-order valence-electron chi connectivity index (χ2n) is 22.4. The lowest BCUT2D eigenvalue weighted by Crippen LogP contribution is -2.30. The van der Waals surface area contributed by atoms with E-state index in [1.54, 1.807) is 0 Å². The van der Waals surface area contributed by atoms with Crippen molar-refractivity contribution < 1.29 is 28.6 Å². The molecule has 0 aromatic heterocycles. The Morgan fingerprint density at radius 1 is 0.269 bits per heavy atom. The van der Waals surface area contributed by atoms with Crippen LogP contribution in [0, 0.1) is 0 Å². The summed E-state index contributed by atoms with van der Waals surface area (Å²) in [7, 11) is 0. The Balaban J connectivity index is 4.03. The summed E-state index contributed by atoms with van der Waals surface area (Å²) in [5.41, 5.74) is 0. The summed E-state index contributed by atoms with van der Waals surface area (Å²) >= 11 is 0. The lowest BCUT2D eigenvalue weighted by molar-refractivity contribution is -0.167. The van der Waals surface area contributed by atoms with Gasteiger partial charge in [-0.05, 0) is 96.3 Å². The van der Waals surface area contributed by atoms with Crippen LogP contribution < -0.4 is 0 Å². The molecule has 1 atom stereocenters. The molecule has 0 aliphatic rings. The molecule has 0 saturated heterocycles. The fourth-order valence-corrected chi connectivity index (χ4v) is 9.62. The molecule has 0 rings (SSSR count). The van der Waals surface area contributed by atoms with Gasteiger partial charge in [-0.3, -0.25) is 14.4 Å². The van der Waals surface area contributed by atoms with Gasteiger partial charge in [-0.25, -0.2) is 0 Å². The highest BCUT2D eigenvalue weighted by atomic mass is 16.6. The van der Waals surface area contributed by atoms with Crippen LogP contribution in [0.1, 0.15) is 335 Å². The number of unbranched alkanes of at least 4 members (excludes halogenated alkanes) is 36. The standard InChI is InChI=1S/C72H126O6/c1-4-7-10-13-16-18-20-22-24-26-28-30-32-33-34-35-36-37-38-39-41-42-44-46-48-50-52-54-56-59-62-65-71(74)77-68-69(67-76-70(73)64-61-58-15-12-9-6-3)78-72(75)66-63-60-57-55-53-51-49-47-45-43-40-31-29-27-25-23-21-19-17-14-11-8-5-2/h7,10,16,18,21-24,27-30,33-34,69H,4-6,8-9,11-15,17,19-20,25-26,31-32,35-68H2,1-3H3/b10-7-,18-16-,23-21-,24-22-,29-27-,30-28-,34-33-. The van der Waals surface area contributed by atoms with Crippen LogP contribution >= 0.6 is 0 Å². The molecule has 0 bridgehead atoms. The molecule has 0 amide bonds. The number of esters is 3.